The predicted octanol–water partition coefficient (Wildman–Crippen LogP) is 2.60. The van der Waals surface area contributed by atoms with Crippen molar-refractivity contribution in [3.05, 3.63) is 45.3 Å². The molecule has 0 spiro atoms. The van der Waals surface area contributed by atoms with Gasteiger partial charge in [-0.25, -0.2) is 4.98 Å². The number of carbonyl (C=O) groups excluding carboxylic acids is 2. The fourth-order valence-corrected chi connectivity index (χ4v) is 4.04. The normalized spacial score (nSPS) is 15.7. The molecule has 1 aliphatic carbocycles. The van der Waals surface area contributed by atoms with Crippen LogP contribution in [0.15, 0.2) is 34.2 Å². The van der Waals surface area contributed by atoms with Gasteiger partial charge in [0, 0.05) is 43.2 Å². The van der Waals surface area contributed by atoms with Gasteiger partial charge in [0.1, 0.15) is 11.7 Å². The maximum absolute atomic E-state index is 13.0. The van der Waals surface area contributed by atoms with Gasteiger partial charge in [0.2, 0.25) is 17.2 Å². The molecule has 0 unspecified atom stereocenters. The minimum Gasteiger partial charge on any atom is -0.351 e. The first kappa shape index (κ1) is 21.3. The van der Waals surface area contributed by atoms with Gasteiger partial charge in [-0.2, -0.15) is 0 Å². The van der Waals surface area contributed by atoms with Gasteiger partial charge in [0.05, 0.1) is 10.8 Å². The minimum atomic E-state index is -0.807. The first-order chi connectivity index (χ1) is 14.0. The summed E-state index contributed by atoms with van der Waals surface area (Å²) in [6.07, 6.45) is 11.6. The number of imidazole rings is 1. The molecule has 2 amide bonds. The van der Waals surface area contributed by atoms with Gasteiger partial charge in [0.25, 0.3) is 0 Å². The molecule has 2 aromatic heterocycles. The minimum absolute atomic E-state index is 0.0657. The summed E-state index contributed by atoms with van der Waals surface area (Å²) < 4.78 is 2.17. The molecule has 1 saturated carbocycles. The van der Waals surface area contributed by atoms with E-state index < -0.39 is 11.9 Å². The standard InChI is InChI=1S/C20H26BrN5O3/c1-2-26-10-15(21)18(27)17(11-26)25-20(29)16(8-14-9-22-12-23-14)24-19(28)13-6-4-3-5-7-13/h9-13,16H,2-8H2,1H3,(H,22,23)(H,24,28)(H,25,29)/t16-/m0/s1. The second-order valence-corrected chi connectivity index (χ2v) is 8.20. The number of hydrogen-bond donors (Lipinski definition) is 3. The fourth-order valence-electron chi connectivity index (χ4n) is 3.57. The van der Waals surface area contributed by atoms with Crippen LogP contribution in [0.2, 0.25) is 0 Å². The molecular weight excluding hydrogens is 438 g/mol. The maximum atomic E-state index is 13.0. The number of rotatable bonds is 7. The Morgan fingerprint density at radius 3 is 2.72 bits per heavy atom. The molecule has 3 rings (SSSR count). The quantitative estimate of drug-likeness (QED) is 0.585. The number of aromatic nitrogens is 3. The Morgan fingerprint density at radius 1 is 1.31 bits per heavy atom. The summed E-state index contributed by atoms with van der Waals surface area (Å²) >= 11 is 3.24. The monoisotopic (exact) mass is 463 g/mol. The van der Waals surface area contributed by atoms with Crippen molar-refractivity contribution in [3.63, 3.8) is 0 Å². The van der Waals surface area contributed by atoms with Crippen molar-refractivity contribution in [3.8, 4) is 0 Å². The molecule has 29 heavy (non-hydrogen) atoms. The van der Waals surface area contributed by atoms with Crippen LogP contribution in [0.3, 0.4) is 0 Å². The van der Waals surface area contributed by atoms with Crippen LogP contribution < -0.4 is 16.1 Å². The molecule has 0 aliphatic heterocycles. The highest BCUT2D eigenvalue weighted by Crippen LogP contribution is 2.24. The highest BCUT2D eigenvalue weighted by atomic mass is 79.9. The van der Waals surface area contributed by atoms with E-state index in [4.69, 9.17) is 0 Å². The predicted molar refractivity (Wildman–Crippen MR) is 114 cm³/mol. The van der Waals surface area contributed by atoms with Gasteiger partial charge >= 0.3 is 0 Å². The first-order valence-electron chi connectivity index (χ1n) is 9.96. The van der Waals surface area contributed by atoms with Gasteiger partial charge in [-0.3, -0.25) is 14.4 Å². The number of H-pyrrole nitrogens is 1. The summed E-state index contributed by atoms with van der Waals surface area (Å²) in [7, 11) is 0. The van der Waals surface area contributed by atoms with Crippen LogP contribution in [0.4, 0.5) is 5.69 Å². The number of pyridine rings is 1. The Labute approximate surface area is 177 Å². The molecule has 3 N–H and O–H groups in total. The third-order valence-electron chi connectivity index (χ3n) is 5.25. The number of carbonyl (C=O) groups is 2. The van der Waals surface area contributed by atoms with Gasteiger partial charge in [-0.05, 0) is 35.7 Å². The number of halogens is 1. The number of aromatic amines is 1. The lowest BCUT2D eigenvalue weighted by molar-refractivity contribution is -0.130. The summed E-state index contributed by atoms with van der Waals surface area (Å²) in [6.45, 7) is 2.59. The molecule has 0 bridgehead atoms. The van der Waals surface area contributed by atoms with Gasteiger partial charge < -0.3 is 20.2 Å². The number of aryl methyl sites for hydroxylation is 1. The Bertz CT molecular complexity index is 903. The molecule has 1 aliphatic rings. The molecule has 0 radical (unpaired) electrons. The van der Waals surface area contributed by atoms with E-state index in [1.165, 1.54) is 6.33 Å². The highest BCUT2D eigenvalue weighted by molar-refractivity contribution is 9.10. The summed E-state index contributed by atoms with van der Waals surface area (Å²) in [5, 5.41) is 5.58. The lowest BCUT2D eigenvalue weighted by atomic mass is 9.88. The van der Waals surface area contributed by atoms with Crippen LogP contribution in [0.1, 0.15) is 44.7 Å². The van der Waals surface area contributed by atoms with E-state index in [-0.39, 0.29) is 29.4 Å². The SMILES string of the molecule is CCn1cc(Br)c(=O)c(NC(=O)[C@H](Cc2cnc[nH]2)NC(=O)C2CCCCC2)c1. The molecule has 2 aromatic rings. The topological polar surface area (TPSA) is 109 Å². The summed E-state index contributed by atoms with van der Waals surface area (Å²) in [4.78, 5) is 45.1. The zero-order valence-electron chi connectivity index (χ0n) is 16.4. The second-order valence-electron chi connectivity index (χ2n) is 7.35. The molecule has 2 heterocycles. The molecule has 0 aromatic carbocycles. The van der Waals surface area contributed by atoms with Crippen molar-refractivity contribution in [2.24, 2.45) is 5.92 Å². The van der Waals surface area contributed by atoms with Crippen molar-refractivity contribution < 1.29 is 9.59 Å². The third kappa shape index (κ3) is 5.56. The summed E-state index contributed by atoms with van der Waals surface area (Å²) in [5.41, 5.74) is 0.601. The van der Waals surface area contributed by atoms with Crippen molar-refractivity contribution in [2.45, 2.75) is 58.0 Å². The van der Waals surface area contributed by atoms with Crippen LogP contribution >= 0.6 is 15.9 Å². The first-order valence-corrected chi connectivity index (χ1v) is 10.7. The molecule has 0 saturated heterocycles. The second kappa shape index (κ2) is 9.87. The molecule has 1 atom stereocenters. The fraction of sp³-hybridized carbons (Fsp3) is 0.500. The highest BCUT2D eigenvalue weighted by Gasteiger charge is 2.27. The van der Waals surface area contributed by atoms with Crippen LogP contribution in [0.25, 0.3) is 0 Å². The number of nitrogens with zero attached hydrogens (tertiary/aromatic N) is 2. The zero-order valence-corrected chi connectivity index (χ0v) is 18.0. The summed E-state index contributed by atoms with van der Waals surface area (Å²) in [5.74, 6) is -0.602. The molecule has 156 valence electrons. The number of nitrogens with one attached hydrogen (secondary N) is 3. The van der Waals surface area contributed by atoms with Crippen LogP contribution in [-0.2, 0) is 22.6 Å². The molecular formula is C20H26BrN5O3. The number of amides is 2. The van der Waals surface area contributed by atoms with Crippen LogP contribution in [0, 0.1) is 5.92 Å². The summed E-state index contributed by atoms with van der Waals surface area (Å²) in [6, 6.07) is -0.807. The lowest BCUT2D eigenvalue weighted by Crippen LogP contribution is -2.48. The number of hydrogen-bond acceptors (Lipinski definition) is 4. The Hall–Kier alpha value is -2.42. The van der Waals surface area contributed by atoms with Gasteiger partial charge in [-0.1, -0.05) is 19.3 Å². The Balaban J connectivity index is 1.77. The molecule has 8 nitrogen and oxygen atoms in total. The number of anilines is 1. The average molecular weight is 464 g/mol. The van der Waals surface area contributed by atoms with Gasteiger partial charge in [-0.15, -0.1) is 0 Å². The van der Waals surface area contributed by atoms with E-state index in [9.17, 15) is 14.4 Å². The van der Waals surface area contributed by atoms with Crippen LogP contribution in [-0.4, -0.2) is 32.4 Å². The van der Waals surface area contributed by atoms with Crippen molar-refractivity contribution in [2.75, 3.05) is 5.32 Å². The van der Waals surface area contributed by atoms with Crippen molar-refractivity contribution >= 4 is 33.4 Å². The molecule has 9 heteroatoms. The Kier molecular flexibility index (Phi) is 7.24. The van der Waals surface area contributed by atoms with Crippen LogP contribution in [0.5, 0.6) is 0 Å². The van der Waals surface area contributed by atoms with E-state index in [1.54, 1.807) is 23.2 Å². The third-order valence-corrected chi connectivity index (χ3v) is 5.81. The van der Waals surface area contributed by atoms with Crippen molar-refractivity contribution in [1.29, 1.82) is 0 Å². The van der Waals surface area contributed by atoms with Gasteiger partial charge in [0.15, 0.2) is 0 Å². The van der Waals surface area contributed by atoms with E-state index in [1.807, 2.05) is 6.92 Å². The lowest BCUT2D eigenvalue weighted by Gasteiger charge is -2.24. The molecule has 1 fully saturated rings. The van der Waals surface area contributed by atoms with E-state index in [0.29, 0.717) is 11.0 Å². The van der Waals surface area contributed by atoms with E-state index >= 15 is 0 Å². The average Bonchev–Trinajstić information content (AvgIpc) is 3.24. The maximum Gasteiger partial charge on any atom is 0.247 e. The van der Waals surface area contributed by atoms with E-state index in [2.05, 4.69) is 36.5 Å². The Morgan fingerprint density at radius 2 is 2.07 bits per heavy atom. The van der Waals surface area contributed by atoms with Crippen molar-refractivity contribution in [1.82, 2.24) is 19.9 Å². The zero-order chi connectivity index (χ0) is 20.8. The smallest absolute Gasteiger partial charge is 0.247 e. The largest absolute Gasteiger partial charge is 0.351 e. The van der Waals surface area contributed by atoms with E-state index in [0.717, 1.165) is 37.8 Å².